The molecule has 82 valence electrons. The molecule has 0 aliphatic heterocycles. The van der Waals surface area contributed by atoms with Gasteiger partial charge in [-0.15, -0.1) is 0 Å². The molecule has 0 aliphatic rings. The van der Waals surface area contributed by atoms with Crippen LogP contribution in [0.2, 0.25) is 0 Å². The molecule has 0 spiro atoms. The van der Waals surface area contributed by atoms with Gasteiger partial charge in [-0.3, -0.25) is 0 Å². The summed E-state index contributed by atoms with van der Waals surface area (Å²) in [6.45, 7) is 4.03. The fourth-order valence-electron chi connectivity index (χ4n) is 1.45. The zero-order valence-corrected chi connectivity index (χ0v) is 10.8. The number of aldehydes is 1. The van der Waals surface area contributed by atoms with Crippen molar-refractivity contribution in [1.82, 2.24) is 0 Å². The SMILES string of the molecule is COc1cc(C(C)CC=O)cc(Br)c1C. The number of carbonyl (C=O) groups is 1. The molecule has 0 radical (unpaired) electrons. The third kappa shape index (κ3) is 2.81. The first-order valence-electron chi connectivity index (χ1n) is 4.87. The van der Waals surface area contributed by atoms with Crippen LogP contribution >= 0.6 is 15.9 Å². The molecule has 1 rings (SSSR count). The molecule has 1 aromatic carbocycles. The van der Waals surface area contributed by atoms with Gasteiger partial charge in [0.2, 0.25) is 0 Å². The normalized spacial score (nSPS) is 12.3. The summed E-state index contributed by atoms with van der Waals surface area (Å²) in [4.78, 5) is 10.5. The second kappa shape index (κ2) is 5.31. The van der Waals surface area contributed by atoms with Crippen molar-refractivity contribution in [2.75, 3.05) is 7.11 Å². The van der Waals surface area contributed by atoms with Gasteiger partial charge in [0.15, 0.2) is 0 Å². The first kappa shape index (κ1) is 12.2. The Morgan fingerprint density at radius 2 is 2.20 bits per heavy atom. The van der Waals surface area contributed by atoms with Crippen LogP contribution in [-0.4, -0.2) is 13.4 Å². The summed E-state index contributed by atoms with van der Waals surface area (Å²) >= 11 is 3.49. The maximum Gasteiger partial charge on any atom is 0.123 e. The van der Waals surface area contributed by atoms with Crippen molar-refractivity contribution in [2.24, 2.45) is 0 Å². The van der Waals surface area contributed by atoms with Gasteiger partial charge in [-0.1, -0.05) is 22.9 Å². The second-order valence-corrected chi connectivity index (χ2v) is 4.49. The van der Waals surface area contributed by atoms with Gasteiger partial charge in [0.05, 0.1) is 7.11 Å². The molecule has 15 heavy (non-hydrogen) atoms. The summed E-state index contributed by atoms with van der Waals surface area (Å²) in [6, 6.07) is 4.04. The van der Waals surface area contributed by atoms with E-state index in [1.54, 1.807) is 7.11 Å². The van der Waals surface area contributed by atoms with Crippen molar-refractivity contribution < 1.29 is 9.53 Å². The van der Waals surface area contributed by atoms with E-state index in [0.717, 1.165) is 27.6 Å². The average Bonchev–Trinajstić information content (AvgIpc) is 2.22. The summed E-state index contributed by atoms with van der Waals surface area (Å²) in [6.07, 6.45) is 1.49. The summed E-state index contributed by atoms with van der Waals surface area (Å²) in [5.41, 5.74) is 2.20. The van der Waals surface area contributed by atoms with E-state index in [4.69, 9.17) is 4.74 Å². The number of halogens is 1. The Morgan fingerprint density at radius 3 is 2.73 bits per heavy atom. The Balaban J connectivity index is 3.10. The Kier molecular flexibility index (Phi) is 4.33. The maximum atomic E-state index is 10.5. The highest BCUT2D eigenvalue weighted by Gasteiger charge is 2.10. The lowest BCUT2D eigenvalue weighted by Crippen LogP contribution is -1.97. The number of hydrogen-bond donors (Lipinski definition) is 0. The number of hydrogen-bond acceptors (Lipinski definition) is 2. The van der Waals surface area contributed by atoms with Crippen LogP contribution in [0.15, 0.2) is 16.6 Å². The van der Waals surface area contributed by atoms with Crippen LogP contribution in [0, 0.1) is 6.92 Å². The number of carbonyl (C=O) groups excluding carboxylic acids is 1. The Bertz CT molecular complexity index is 361. The molecule has 3 heteroatoms. The first-order valence-corrected chi connectivity index (χ1v) is 5.67. The van der Waals surface area contributed by atoms with Crippen molar-refractivity contribution in [1.29, 1.82) is 0 Å². The maximum absolute atomic E-state index is 10.5. The van der Waals surface area contributed by atoms with Crippen LogP contribution < -0.4 is 4.74 Å². The van der Waals surface area contributed by atoms with Crippen molar-refractivity contribution in [3.05, 3.63) is 27.7 Å². The van der Waals surface area contributed by atoms with Gasteiger partial charge >= 0.3 is 0 Å². The topological polar surface area (TPSA) is 26.3 Å². The van der Waals surface area contributed by atoms with Gasteiger partial charge in [-0.25, -0.2) is 0 Å². The van der Waals surface area contributed by atoms with Crippen molar-refractivity contribution in [3.8, 4) is 5.75 Å². The fourth-order valence-corrected chi connectivity index (χ4v) is 1.91. The molecule has 0 saturated carbocycles. The predicted molar refractivity (Wildman–Crippen MR) is 64.5 cm³/mol. The van der Waals surface area contributed by atoms with E-state index < -0.39 is 0 Å². The van der Waals surface area contributed by atoms with Gasteiger partial charge in [0.1, 0.15) is 12.0 Å². The summed E-state index contributed by atoms with van der Waals surface area (Å²) < 4.78 is 6.30. The molecular weight excluding hydrogens is 256 g/mol. The molecule has 2 nitrogen and oxygen atoms in total. The molecule has 1 aromatic rings. The minimum absolute atomic E-state index is 0.230. The number of benzene rings is 1. The number of rotatable bonds is 4. The molecule has 0 aromatic heterocycles. The lowest BCUT2D eigenvalue weighted by Gasteiger charge is -2.13. The van der Waals surface area contributed by atoms with E-state index in [-0.39, 0.29) is 5.92 Å². The molecule has 0 saturated heterocycles. The monoisotopic (exact) mass is 270 g/mol. The van der Waals surface area contributed by atoms with Gasteiger partial charge < -0.3 is 9.53 Å². The van der Waals surface area contributed by atoms with E-state index in [1.165, 1.54) is 0 Å². The zero-order chi connectivity index (χ0) is 11.4. The minimum Gasteiger partial charge on any atom is -0.496 e. The smallest absolute Gasteiger partial charge is 0.123 e. The highest BCUT2D eigenvalue weighted by molar-refractivity contribution is 9.10. The minimum atomic E-state index is 0.230. The molecule has 0 heterocycles. The van der Waals surface area contributed by atoms with E-state index in [9.17, 15) is 4.79 Å². The third-order valence-corrected chi connectivity index (χ3v) is 3.38. The number of methoxy groups -OCH3 is 1. The summed E-state index contributed by atoms with van der Waals surface area (Å²) in [5, 5.41) is 0. The van der Waals surface area contributed by atoms with Crippen LogP contribution in [0.5, 0.6) is 5.75 Å². The highest BCUT2D eigenvalue weighted by atomic mass is 79.9. The molecular formula is C12H15BrO2. The lowest BCUT2D eigenvalue weighted by molar-refractivity contribution is -0.108. The third-order valence-electron chi connectivity index (χ3n) is 2.56. The molecule has 0 aliphatic carbocycles. The fraction of sp³-hybridized carbons (Fsp3) is 0.417. The second-order valence-electron chi connectivity index (χ2n) is 3.63. The summed E-state index contributed by atoms with van der Waals surface area (Å²) in [5.74, 6) is 1.09. The lowest BCUT2D eigenvalue weighted by atomic mass is 9.97. The van der Waals surface area contributed by atoms with E-state index in [2.05, 4.69) is 15.9 Å². The van der Waals surface area contributed by atoms with E-state index in [1.807, 2.05) is 26.0 Å². The van der Waals surface area contributed by atoms with Crippen LogP contribution in [-0.2, 0) is 4.79 Å². The molecule has 0 bridgehead atoms. The predicted octanol–water partition coefficient (Wildman–Crippen LogP) is 3.46. The quantitative estimate of drug-likeness (QED) is 0.784. The van der Waals surface area contributed by atoms with Crippen LogP contribution in [0.25, 0.3) is 0 Å². The Morgan fingerprint density at radius 1 is 1.53 bits per heavy atom. The molecule has 0 fully saturated rings. The van der Waals surface area contributed by atoms with Gasteiger partial charge in [0, 0.05) is 16.5 Å². The largest absolute Gasteiger partial charge is 0.496 e. The Labute approximate surface area is 98.8 Å². The van der Waals surface area contributed by atoms with Gasteiger partial charge in [0.25, 0.3) is 0 Å². The molecule has 1 atom stereocenters. The summed E-state index contributed by atoms with van der Waals surface area (Å²) in [7, 11) is 1.66. The highest BCUT2D eigenvalue weighted by Crippen LogP contribution is 2.31. The number of ether oxygens (including phenoxy) is 1. The average molecular weight is 271 g/mol. The zero-order valence-electron chi connectivity index (χ0n) is 9.21. The molecule has 0 N–H and O–H groups in total. The van der Waals surface area contributed by atoms with Gasteiger partial charge in [-0.2, -0.15) is 0 Å². The van der Waals surface area contributed by atoms with Crippen LogP contribution in [0.1, 0.15) is 30.4 Å². The molecule has 0 amide bonds. The van der Waals surface area contributed by atoms with Crippen molar-refractivity contribution in [3.63, 3.8) is 0 Å². The molecule has 1 unspecified atom stereocenters. The van der Waals surface area contributed by atoms with E-state index in [0.29, 0.717) is 6.42 Å². The first-order chi connectivity index (χ1) is 7.10. The van der Waals surface area contributed by atoms with Crippen LogP contribution in [0.3, 0.4) is 0 Å². The Hall–Kier alpha value is -0.830. The standard InChI is InChI=1S/C12H15BrO2/c1-8(4-5-14)10-6-11(13)9(2)12(7-10)15-3/h5-8H,4H2,1-3H3. The van der Waals surface area contributed by atoms with E-state index >= 15 is 0 Å². The van der Waals surface area contributed by atoms with Crippen molar-refractivity contribution in [2.45, 2.75) is 26.2 Å². The van der Waals surface area contributed by atoms with Crippen molar-refractivity contribution >= 4 is 22.2 Å². The van der Waals surface area contributed by atoms with Gasteiger partial charge in [-0.05, 0) is 30.5 Å². The van der Waals surface area contributed by atoms with Crippen LogP contribution in [0.4, 0.5) is 0 Å².